The molecule has 0 bridgehead atoms. The second kappa shape index (κ2) is 7.14. The molecule has 1 amide bonds. The number of hydrogen-bond acceptors (Lipinski definition) is 5. The molecule has 2 aromatic carbocycles. The Balaban J connectivity index is 1.82. The molecule has 0 spiro atoms. The van der Waals surface area contributed by atoms with E-state index in [0.717, 1.165) is 0 Å². The van der Waals surface area contributed by atoms with Crippen molar-refractivity contribution in [2.75, 3.05) is 11.9 Å². The molecule has 1 aromatic heterocycles. The van der Waals surface area contributed by atoms with E-state index in [1.165, 1.54) is 0 Å². The molecule has 3 aromatic rings. The quantitative estimate of drug-likeness (QED) is 0.756. The van der Waals surface area contributed by atoms with Gasteiger partial charge in [-0.25, -0.2) is 0 Å². The highest BCUT2D eigenvalue weighted by Gasteiger charge is 2.16. The largest absolute Gasteiger partial charge is 0.493 e. The second-order valence-electron chi connectivity index (χ2n) is 4.78. The summed E-state index contributed by atoms with van der Waals surface area (Å²) in [5.74, 6) is 0.468. The standard InChI is InChI=1S/C17H14ClN3O3/c1-2-23-14-10-6-4-8-12(14)16-20-21-17(24-16)19-15(22)11-7-3-5-9-13(11)18/h3-10H,2H2,1H3,(H,19,21,22). The number of amides is 1. The van der Waals surface area contributed by atoms with Crippen LogP contribution in [0.4, 0.5) is 6.01 Å². The summed E-state index contributed by atoms with van der Waals surface area (Å²) in [7, 11) is 0. The minimum Gasteiger partial charge on any atom is -0.493 e. The number of anilines is 1. The van der Waals surface area contributed by atoms with E-state index in [4.69, 9.17) is 20.8 Å². The van der Waals surface area contributed by atoms with E-state index in [0.29, 0.717) is 28.5 Å². The number of nitrogens with zero attached hydrogens (tertiary/aromatic N) is 2. The van der Waals surface area contributed by atoms with Crippen LogP contribution in [0.1, 0.15) is 17.3 Å². The van der Waals surface area contributed by atoms with E-state index in [1.54, 1.807) is 30.3 Å². The number of hydrogen-bond donors (Lipinski definition) is 1. The molecule has 0 atom stereocenters. The van der Waals surface area contributed by atoms with E-state index in [9.17, 15) is 4.79 Å². The van der Waals surface area contributed by atoms with Crippen LogP contribution in [0.15, 0.2) is 52.9 Å². The van der Waals surface area contributed by atoms with E-state index in [1.807, 2.05) is 25.1 Å². The molecule has 0 unspecified atom stereocenters. The van der Waals surface area contributed by atoms with Gasteiger partial charge in [-0.15, -0.1) is 5.10 Å². The van der Waals surface area contributed by atoms with Gasteiger partial charge in [-0.3, -0.25) is 10.1 Å². The van der Waals surface area contributed by atoms with Crippen LogP contribution in [0.3, 0.4) is 0 Å². The van der Waals surface area contributed by atoms with Crippen LogP contribution in [0.5, 0.6) is 5.75 Å². The van der Waals surface area contributed by atoms with Gasteiger partial charge in [0.25, 0.3) is 11.8 Å². The lowest BCUT2D eigenvalue weighted by molar-refractivity contribution is 0.102. The maximum atomic E-state index is 12.2. The first-order valence-corrected chi connectivity index (χ1v) is 7.68. The summed E-state index contributed by atoms with van der Waals surface area (Å²) in [4.78, 5) is 12.2. The lowest BCUT2D eigenvalue weighted by Gasteiger charge is -2.06. The van der Waals surface area contributed by atoms with Crippen LogP contribution >= 0.6 is 11.6 Å². The van der Waals surface area contributed by atoms with Crippen molar-refractivity contribution in [1.29, 1.82) is 0 Å². The molecule has 7 heteroatoms. The van der Waals surface area contributed by atoms with E-state index in [2.05, 4.69) is 15.5 Å². The molecule has 0 saturated carbocycles. The Morgan fingerprint density at radius 2 is 1.92 bits per heavy atom. The fraction of sp³-hybridized carbons (Fsp3) is 0.118. The van der Waals surface area contributed by atoms with Gasteiger partial charge in [-0.1, -0.05) is 41.0 Å². The number of halogens is 1. The maximum Gasteiger partial charge on any atom is 0.322 e. The smallest absolute Gasteiger partial charge is 0.322 e. The first kappa shape index (κ1) is 16.0. The van der Waals surface area contributed by atoms with Gasteiger partial charge in [0, 0.05) is 0 Å². The van der Waals surface area contributed by atoms with Crippen molar-refractivity contribution in [2.45, 2.75) is 6.92 Å². The topological polar surface area (TPSA) is 77.3 Å². The molecule has 122 valence electrons. The molecular formula is C17H14ClN3O3. The Bertz CT molecular complexity index is 864. The molecule has 3 rings (SSSR count). The zero-order chi connectivity index (χ0) is 16.9. The Hall–Kier alpha value is -2.86. The molecule has 0 saturated heterocycles. The van der Waals surface area contributed by atoms with Crippen molar-refractivity contribution in [1.82, 2.24) is 10.2 Å². The van der Waals surface area contributed by atoms with Crippen molar-refractivity contribution in [2.24, 2.45) is 0 Å². The molecule has 1 N–H and O–H groups in total. The highest BCUT2D eigenvalue weighted by atomic mass is 35.5. The minimum atomic E-state index is -0.422. The fourth-order valence-electron chi connectivity index (χ4n) is 2.12. The zero-order valence-electron chi connectivity index (χ0n) is 12.8. The van der Waals surface area contributed by atoms with E-state index >= 15 is 0 Å². The van der Waals surface area contributed by atoms with Gasteiger partial charge >= 0.3 is 6.01 Å². The third-order valence-corrected chi connectivity index (χ3v) is 3.51. The van der Waals surface area contributed by atoms with Crippen LogP contribution in [0.25, 0.3) is 11.5 Å². The number of para-hydroxylation sites is 1. The Kier molecular flexibility index (Phi) is 4.77. The summed E-state index contributed by atoms with van der Waals surface area (Å²) in [5, 5.41) is 10.7. The van der Waals surface area contributed by atoms with E-state index in [-0.39, 0.29) is 11.9 Å². The molecule has 0 fully saturated rings. The lowest BCUT2D eigenvalue weighted by atomic mass is 10.2. The predicted molar refractivity (Wildman–Crippen MR) is 90.3 cm³/mol. The van der Waals surface area contributed by atoms with Crippen molar-refractivity contribution in [3.05, 3.63) is 59.1 Å². The Labute approximate surface area is 143 Å². The zero-order valence-corrected chi connectivity index (χ0v) is 13.6. The molecule has 0 aliphatic carbocycles. The minimum absolute atomic E-state index is 0.0128. The number of ether oxygens (including phenoxy) is 1. The van der Waals surface area contributed by atoms with Crippen LogP contribution in [0.2, 0.25) is 5.02 Å². The number of nitrogens with one attached hydrogen (secondary N) is 1. The number of carbonyl (C=O) groups excluding carboxylic acids is 1. The SMILES string of the molecule is CCOc1ccccc1-c1nnc(NC(=O)c2ccccc2Cl)o1. The van der Waals surface area contributed by atoms with Crippen LogP contribution in [0, 0.1) is 0 Å². The monoisotopic (exact) mass is 343 g/mol. The summed E-state index contributed by atoms with van der Waals surface area (Å²) >= 11 is 6.00. The summed E-state index contributed by atoms with van der Waals surface area (Å²) in [5.41, 5.74) is 0.985. The third kappa shape index (κ3) is 3.38. The van der Waals surface area contributed by atoms with Gasteiger partial charge < -0.3 is 9.15 Å². The average Bonchev–Trinajstić information content (AvgIpc) is 3.04. The van der Waals surface area contributed by atoms with Crippen molar-refractivity contribution in [3.8, 4) is 17.2 Å². The first-order valence-electron chi connectivity index (χ1n) is 7.30. The van der Waals surface area contributed by atoms with Gasteiger partial charge in [0.05, 0.1) is 22.8 Å². The predicted octanol–water partition coefficient (Wildman–Crippen LogP) is 4.04. The summed E-state index contributed by atoms with van der Waals surface area (Å²) in [6.45, 7) is 2.40. The van der Waals surface area contributed by atoms with Crippen LogP contribution < -0.4 is 10.1 Å². The third-order valence-electron chi connectivity index (χ3n) is 3.18. The molecule has 0 aliphatic rings. The number of aromatic nitrogens is 2. The highest BCUT2D eigenvalue weighted by Crippen LogP contribution is 2.29. The molecular weight excluding hydrogens is 330 g/mol. The van der Waals surface area contributed by atoms with Crippen molar-refractivity contribution >= 4 is 23.5 Å². The average molecular weight is 344 g/mol. The van der Waals surface area contributed by atoms with Crippen molar-refractivity contribution < 1.29 is 13.9 Å². The van der Waals surface area contributed by atoms with Crippen molar-refractivity contribution in [3.63, 3.8) is 0 Å². The molecule has 6 nitrogen and oxygen atoms in total. The van der Waals surface area contributed by atoms with Crippen LogP contribution in [-0.2, 0) is 0 Å². The normalized spacial score (nSPS) is 10.4. The Morgan fingerprint density at radius 1 is 1.17 bits per heavy atom. The van der Waals surface area contributed by atoms with Gasteiger partial charge in [0.15, 0.2) is 0 Å². The number of carbonyl (C=O) groups is 1. The van der Waals surface area contributed by atoms with Gasteiger partial charge in [-0.05, 0) is 31.2 Å². The van der Waals surface area contributed by atoms with Crippen LogP contribution in [-0.4, -0.2) is 22.7 Å². The Morgan fingerprint density at radius 3 is 2.71 bits per heavy atom. The highest BCUT2D eigenvalue weighted by molar-refractivity contribution is 6.34. The summed E-state index contributed by atoms with van der Waals surface area (Å²) < 4.78 is 11.0. The molecule has 24 heavy (non-hydrogen) atoms. The first-order chi connectivity index (χ1) is 11.7. The number of benzene rings is 2. The van der Waals surface area contributed by atoms with Gasteiger partial charge in [-0.2, -0.15) is 0 Å². The fourth-order valence-corrected chi connectivity index (χ4v) is 2.34. The summed E-state index contributed by atoms with van der Waals surface area (Å²) in [6, 6.07) is 14.0. The van der Waals surface area contributed by atoms with Gasteiger partial charge in [0.2, 0.25) is 0 Å². The summed E-state index contributed by atoms with van der Waals surface area (Å²) in [6.07, 6.45) is 0. The molecule has 0 aliphatic heterocycles. The van der Waals surface area contributed by atoms with E-state index < -0.39 is 5.91 Å². The van der Waals surface area contributed by atoms with Gasteiger partial charge in [0.1, 0.15) is 5.75 Å². The lowest BCUT2D eigenvalue weighted by Crippen LogP contribution is -2.12. The second-order valence-corrected chi connectivity index (χ2v) is 5.18. The molecule has 0 radical (unpaired) electrons. The molecule has 1 heterocycles. The number of rotatable bonds is 5. The maximum absolute atomic E-state index is 12.2.